The van der Waals surface area contributed by atoms with Crippen LogP contribution < -0.4 is 0 Å². The second kappa shape index (κ2) is 6.68. The van der Waals surface area contributed by atoms with Crippen LogP contribution in [0.25, 0.3) is 6.08 Å². The first kappa shape index (κ1) is 18.9. The highest BCUT2D eigenvalue weighted by atomic mass is 19.4. The van der Waals surface area contributed by atoms with Gasteiger partial charge in [-0.2, -0.15) is 13.2 Å². The molecule has 0 spiro atoms. The Morgan fingerprint density at radius 1 is 0.963 bits per heavy atom. The van der Waals surface area contributed by atoms with Crippen LogP contribution in [0.3, 0.4) is 0 Å². The molecule has 0 saturated heterocycles. The van der Waals surface area contributed by atoms with Crippen LogP contribution in [0.4, 0.5) is 13.2 Å². The summed E-state index contributed by atoms with van der Waals surface area (Å²) in [6.07, 6.45) is -3.16. The molecule has 0 unspecified atom stereocenters. The van der Waals surface area contributed by atoms with Gasteiger partial charge in [-0.1, -0.05) is 45.0 Å². The van der Waals surface area contributed by atoms with Gasteiger partial charge in [-0.15, -0.1) is 0 Å². The Balaban J connectivity index is 1.89. The molecule has 0 amide bonds. The molecule has 6 heteroatoms. The normalized spacial score (nSPS) is 16.4. The zero-order chi connectivity index (χ0) is 19.8. The Morgan fingerprint density at radius 2 is 1.63 bits per heavy atom. The van der Waals surface area contributed by atoms with Crippen molar-refractivity contribution in [2.24, 2.45) is 4.99 Å². The van der Waals surface area contributed by atoms with Crippen molar-refractivity contribution in [2.75, 3.05) is 0 Å². The number of nitrogens with zero attached hydrogens (tertiary/aromatic N) is 1. The molecule has 0 aliphatic carbocycles. The van der Waals surface area contributed by atoms with Crippen molar-refractivity contribution in [3.8, 4) is 0 Å². The number of hydrogen-bond acceptors (Lipinski definition) is 3. The SMILES string of the molecule is CC(C)(C)c1ccc(C2=NC(=Cc3cccc(C(F)(F)F)c3)C(=O)O2)cc1. The zero-order valence-electron chi connectivity index (χ0n) is 15.1. The Kier molecular flexibility index (Phi) is 4.68. The maximum atomic E-state index is 12.8. The monoisotopic (exact) mass is 373 g/mol. The molecular formula is C21H18F3NO2. The van der Waals surface area contributed by atoms with E-state index in [9.17, 15) is 18.0 Å². The van der Waals surface area contributed by atoms with Gasteiger partial charge in [-0.25, -0.2) is 9.79 Å². The third-order valence-corrected chi connectivity index (χ3v) is 4.14. The number of hydrogen-bond donors (Lipinski definition) is 0. The molecule has 3 rings (SSSR count). The number of esters is 1. The highest BCUT2D eigenvalue weighted by Crippen LogP contribution is 2.30. The van der Waals surface area contributed by atoms with E-state index >= 15 is 0 Å². The summed E-state index contributed by atoms with van der Waals surface area (Å²) in [5.74, 6) is -0.555. The maximum absolute atomic E-state index is 12.8. The molecule has 3 nitrogen and oxygen atoms in total. The highest BCUT2D eigenvalue weighted by molar-refractivity contribution is 6.12. The fraction of sp³-hybridized carbons (Fsp3) is 0.238. The molecule has 0 fully saturated rings. The van der Waals surface area contributed by atoms with Crippen molar-refractivity contribution < 1.29 is 22.7 Å². The molecule has 1 aliphatic heterocycles. The number of cyclic esters (lactones) is 1. The molecule has 0 atom stereocenters. The van der Waals surface area contributed by atoms with Gasteiger partial charge in [-0.05, 0) is 46.9 Å². The van der Waals surface area contributed by atoms with Crippen LogP contribution in [0, 0.1) is 0 Å². The van der Waals surface area contributed by atoms with Gasteiger partial charge in [0.15, 0.2) is 5.70 Å². The smallest absolute Gasteiger partial charge is 0.402 e. The summed E-state index contributed by atoms with van der Waals surface area (Å²) in [5.41, 5.74) is 1.14. The third kappa shape index (κ3) is 4.27. The summed E-state index contributed by atoms with van der Waals surface area (Å²) in [4.78, 5) is 16.2. The van der Waals surface area contributed by atoms with Crippen LogP contribution >= 0.6 is 0 Å². The van der Waals surface area contributed by atoms with Crippen LogP contribution in [-0.4, -0.2) is 11.9 Å². The van der Waals surface area contributed by atoms with E-state index in [4.69, 9.17) is 4.74 Å². The molecule has 0 saturated carbocycles. The largest absolute Gasteiger partial charge is 0.416 e. The predicted octanol–water partition coefficient (Wildman–Crippen LogP) is 5.35. The number of halogens is 3. The summed E-state index contributed by atoms with van der Waals surface area (Å²) in [6, 6.07) is 12.2. The molecular weight excluding hydrogens is 355 g/mol. The van der Waals surface area contributed by atoms with E-state index in [-0.39, 0.29) is 22.6 Å². The number of alkyl halides is 3. The lowest BCUT2D eigenvalue weighted by molar-refractivity contribution is -0.137. The van der Waals surface area contributed by atoms with Gasteiger partial charge in [0.05, 0.1) is 5.56 Å². The number of benzene rings is 2. The van der Waals surface area contributed by atoms with Gasteiger partial charge >= 0.3 is 12.1 Å². The second-order valence-corrected chi connectivity index (χ2v) is 7.29. The number of ether oxygens (including phenoxy) is 1. The molecule has 1 aliphatic rings. The van der Waals surface area contributed by atoms with E-state index in [0.29, 0.717) is 5.56 Å². The number of carbonyl (C=O) groups excluding carboxylic acids is 1. The van der Waals surface area contributed by atoms with E-state index in [1.807, 2.05) is 12.1 Å². The fourth-order valence-corrected chi connectivity index (χ4v) is 2.61. The fourth-order valence-electron chi connectivity index (χ4n) is 2.61. The van der Waals surface area contributed by atoms with Gasteiger partial charge < -0.3 is 4.74 Å². The summed E-state index contributed by atoms with van der Waals surface area (Å²) >= 11 is 0. The van der Waals surface area contributed by atoms with Crippen molar-refractivity contribution in [2.45, 2.75) is 32.4 Å². The molecule has 2 aromatic rings. The van der Waals surface area contributed by atoms with Crippen molar-refractivity contribution in [1.82, 2.24) is 0 Å². The molecule has 27 heavy (non-hydrogen) atoms. The maximum Gasteiger partial charge on any atom is 0.416 e. The van der Waals surface area contributed by atoms with Gasteiger partial charge in [0.2, 0.25) is 5.90 Å². The third-order valence-electron chi connectivity index (χ3n) is 4.14. The average Bonchev–Trinajstić information content (AvgIpc) is 2.94. The van der Waals surface area contributed by atoms with Crippen molar-refractivity contribution in [3.05, 3.63) is 76.5 Å². The first-order chi connectivity index (χ1) is 12.5. The average molecular weight is 373 g/mol. The van der Waals surface area contributed by atoms with Crippen LogP contribution in [0.5, 0.6) is 0 Å². The lowest BCUT2D eigenvalue weighted by Gasteiger charge is -2.18. The minimum absolute atomic E-state index is 0.0126. The first-order valence-corrected chi connectivity index (χ1v) is 8.35. The van der Waals surface area contributed by atoms with Gasteiger partial charge in [0.25, 0.3) is 0 Å². The minimum atomic E-state index is -4.45. The Hall–Kier alpha value is -2.89. The molecule has 140 valence electrons. The lowest BCUT2D eigenvalue weighted by Crippen LogP contribution is -2.11. The Morgan fingerprint density at radius 3 is 2.22 bits per heavy atom. The van der Waals surface area contributed by atoms with Gasteiger partial charge in [0.1, 0.15) is 0 Å². The topological polar surface area (TPSA) is 38.7 Å². The number of carbonyl (C=O) groups is 1. The molecule has 2 aromatic carbocycles. The van der Waals surface area contributed by atoms with Gasteiger partial charge in [0, 0.05) is 5.56 Å². The van der Waals surface area contributed by atoms with Crippen LogP contribution in [0.1, 0.15) is 43.0 Å². The van der Waals surface area contributed by atoms with E-state index in [0.717, 1.165) is 17.7 Å². The van der Waals surface area contributed by atoms with Crippen LogP contribution in [0.15, 0.2) is 59.2 Å². The standard InChI is InChI=1S/C21H18F3NO2/c1-20(2,3)15-9-7-14(8-10-15)18-25-17(19(26)27-18)12-13-5-4-6-16(11-13)21(22,23)24/h4-12H,1-3H3. The van der Waals surface area contributed by atoms with E-state index in [1.54, 1.807) is 12.1 Å². The minimum Gasteiger partial charge on any atom is -0.402 e. The van der Waals surface area contributed by atoms with Crippen molar-refractivity contribution in [1.29, 1.82) is 0 Å². The summed E-state index contributed by atoms with van der Waals surface area (Å²) < 4.78 is 43.6. The van der Waals surface area contributed by atoms with E-state index in [2.05, 4.69) is 25.8 Å². The van der Waals surface area contributed by atoms with E-state index < -0.39 is 17.7 Å². The van der Waals surface area contributed by atoms with Crippen molar-refractivity contribution in [3.63, 3.8) is 0 Å². The van der Waals surface area contributed by atoms with E-state index in [1.165, 1.54) is 18.2 Å². The number of rotatable bonds is 2. The molecule has 0 bridgehead atoms. The molecule has 0 aromatic heterocycles. The van der Waals surface area contributed by atoms with Crippen molar-refractivity contribution >= 4 is 17.9 Å². The quantitative estimate of drug-likeness (QED) is 0.526. The number of aliphatic imine (C=N–C) groups is 1. The lowest BCUT2D eigenvalue weighted by atomic mass is 9.87. The molecule has 0 N–H and O–H groups in total. The van der Waals surface area contributed by atoms with Gasteiger partial charge in [-0.3, -0.25) is 0 Å². The Labute approximate surface area is 155 Å². The van der Waals surface area contributed by atoms with Crippen LogP contribution in [-0.2, 0) is 21.1 Å². The zero-order valence-corrected chi connectivity index (χ0v) is 15.1. The second-order valence-electron chi connectivity index (χ2n) is 7.29. The molecule has 0 radical (unpaired) electrons. The summed E-state index contributed by atoms with van der Waals surface area (Å²) in [6.45, 7) is 6.26. The predicted molar refractivity (Wildman–Crippen MR) is 97.2 cm³/mol. The molecule has 1 heterocycles. The summed E-state index contributed by atoms with van der Waals surface area (Å²) in [7, 11) is 0. The van der Waals surface area contributed by atoms with Crippen LogP contribution in [0.2, 0.25) is 0 Å². The first-order valence-electron chi connectivity index (χ1n) is 8.35. The Bertz CT molecular complexity index is 933. The highest BCUT2D eigenvalue weighted by Gasteiger charge is 2.30. The summed E-state index contributed by atoms with van der Waals surface area (Å²) in [5, 5.41) is 0.